The van der Waals surface area contributed by atoms with Gasteiger partial charge in [-0.3, -0.25) is 10.1 Å². The molecule has 0 aromatic heterocycles. The van der Waals surface area contributed by atoms with Crippen molar-refractivity contribution in [3.8, 4) is 12.3 Å². The summed E-state index contributed by atoms with van der Waals surface area (Å²) in [5.41, 5.74) is 0.844. The molecule has 1 aromatic carbocycles. The maximum Gasteiger partial charge on any atom is 0.323 e. The fourth-order valence-electron chi connectivity index (χ4n) is 1.73. The van der Waals surface area contributed by atoms with Crippen LogP contribution in [-0.2, 0) is 16.0 Å². The third-order valence-corrected chi connectivity index (χ3v) is 2.63. The van der Waals surface area contributed by atoms with Gasteiger partial charge in [0.25, 0.3) is 0 Å². The number of benzene rings is 1. The number of hydrogen-bond acceptors (Lipinski definition) is 3. The molecular weight excluding hydrogens is 245 g/mol. The summed E-state index contributed by atoms with van der Waals surface area (Å²) in [5.74, 6) is 1.82. The lowest BCUT2D eigenvalue weighted by atomic mass is 10.1. The topological polar surface area (TPSA) is 38.3 Å². The molecule has 3 nitrogen and oxygen atoms in total. The van der Waals surface area contributed by atoms with Gasteiger partial charge < -0.3 is 4.74 Å². The number of ether oxygens (including phenoxy) is 1. The van der Waals surface area contributed by atoms with Crippen molar-refractivity contribution in [1.29, 1.82) is 0 Å². The monoisotopic (exact) mass is 263 g/mol. The molecule has 1 N–H and O–H groups in total. The average molecular weight is 263 g/mol. The van der Waals surface area contributed by atoms with E-state index in [-0.39, 0.29) is 11.8 Å². The molecule has 0 aliphatic heterocycles. The molecule has 102 valence electrons. The molecule has 4 heteroatoms. The van der Waals surface area contributed by atoms with Crippen molar-refractivity contribution in [2.45, 2.75) is 25.8 Å². The van der Waals surface area contributed by atoms with E-state index in [0.717, 1.165) is 5.56 Å². The minimum absolute atomic E-state index is 0.276. The van der Waals surface area contributed by atoms with Crippen molar-refractivity contribution in [3.63, 3.8) is 0 Å². The van der Waals surface area contributed by atoms with E-state index in [2.05, 4.69) is 11.2 Å². The summed E-state index contributed by atoms with van der Waals surface area (Å²) in [7, 11) is 0. The second kappa shape index (κ2) is 8.28. The van der Waals surface area contributed by atoms with E-state index >= 15 is 0 Å². The van der Waals surface area contributed by atoms with E-state index in [1.807, 2.05) is 6.07 Å². The minimum Gasteiger partial charge on any atom is -0.465 e. The first-order valence-electron chi connectivity index (χ1n) is 6.25. The highest BCUT2D eigenvalue weighted by Crippen LogP contribution is 2.08. The molecule has 0 bridgehead atoms. The lowest BCUT2D eigenvalue weighted by Crippen LogP contribution is -2.38. The van der Waals surface area contributed by atoms with Crippen molar-refractivity contribution >= 4 is 5.97 Å². The number of esters is 1. The Morgan fingerprint density at radius 2 is 2.37 bits per heavy atom. The molecule has 0 radical (unpaired) electrons. The summed E-state index contributed by atoms with van der Waals surface area (Å²) in [4.78, 5) is 11.7. The van der Waals surface area contributed by atoms with Crippen LogP contribution in [0.15, 0.2) is 24.3 Å². The van der Waals surface area contributed by atoms with Crippen LogP contribution in [0.4, 0.5) is 4.39 Å². The first-order valence-corrected chi connectivity index (χ1v) is 6.25. The summed E-state index contributed by atoms with van der Waals surface area (Å²) in [6, 6.07) is 5.87. The quantitative estimate of drug-likeness (QED) is 0.603. The van der Waals surface area contributed by atoms with Crippen LogP contribution in [0.25, 0.3) is 0 Å². The van der Waals surface area contributed by atoms with Crippen LogP contribution in [0, 0.1) is 18.2 Å². The number of nitrogens with one attached hydrogen (secondary N) is 1. The highest BCUT2D eigenvalue weighted by atomic mass is 19.1. The largest absolute Gasteiger partial charge is 0.465 e. The van der Waals surface area contributed by atoms with E-state index in [1.54, 1.807) is 13.0 Å². The van der Waals surface area contributed by atoms with E-state index in [9.17, 15) is 9.18 Å². The average Bonchev–Trinajstić information content (AvgIpc) is 2.39. The highest BCUT2D eigenvalue weighted by molar-refractivity contribution is 5.75. The molecule has 1 atom stereocenters. The van der Waals surface area contributed by atoms with Crippen LogP contribution >= 0.6 is 0 Å². The Kier molecular flexibility index (Phi) is 6.62. The van der Waals surface area contributed by atoms with Gasteiger partial charge in [-0.25, -0.2) is 4.39 Å². The van der Waals surface area contributed by atoms with E-state index in [1.165, 1.54) is 12.1 Å². The van der Waals surface area contributed by atoms with Gasteiger partial charge in [-0.2, -0.15) is 0 Å². The van der Waals surface area contributed by atoms with Crippen LogP contribution in [0.1, 0.15) is 18.9 Å². The van der Waals surface area contributed by atoms with Crippen molar-refractivity contribution in [1.82, 2.24) is 5.32 Å². The zero-order valence-corrected chi connectivity index (χ0v) is 11.0. The molecule has 0 saturated heterocycles. The second-order valence-electron chi connectivity index (χ2n) is 4.06. The van der Waals surface area contributed by atoms with Crippen LogP contribution in [0.2, 0.25) is 0 Å². The Hall–Kier alpha value is -1.86. The summed E-state index contributed by atoms with van der Waals surface area (Å²) < 4.78 is 18.0. The zero-order chi connectivity index (χ0) is 14.1. The van der Waals surface area contributed by atoms with Crippen molar-refractivity contribution in [2.24, 2.45) is 0 Å². The standard InChI is InChI=1S/C15H18FNO2/c1-3-10-17-14(15(18)19-4-2)9-8-12-6-5-7-13(16)11-12/h1,5-7,11,14,17H,4,8-10H2,2H3. The molecule has 1 rings (SSSR count). The Morgan fingerprint density at radius 1 is 1.58 bits per heavy atom. The lowest BCUT2D eigenvalue weighted by Gasteiger charge is -2.15. The van der Waals surface area contributed by atoms with E-state index in [4.69, 9.17) is 11.2 Å². The predicted octanol–water partition coefficient (Wildman–Crippen LogP) is 1.91. The number of aryl methyl sites for hydroxylation is 1. The third-order valence-electron chi connectivity index (χ3n) is 2.63. The van der Waals surface area contributed by atoms with Gasteiger partial charge in [0.2, 0.25) is 0 Å². The van der Waals surface area contributed by atoms with Gasteiger partial charge in [0.15, 0.2) is 0 Å². The van der Waals surface area contributed by atoms with E-state index < -0.39 is 6.04 Å². The summed E-state index contributed by atoms with van der Waals surface area (Å²) in [5, 5.41) is 2.93. The lowest BCUT2D eigenvalue weighted by molar-refractivity contribution is -0.145. The number of carbonyl (C=O) groups is 1. The highest BCUT2D eigenvalue weighted by Gasteiger charge is 2.18. The Bertz CT molecular complexity index is 454. The molecular formula is C15H18FNO2. The molecule has 0 spiro atoms. The maximum absolute atomic E-state index is 13.0. The van der Waals surface area contributed by atoms with Gasteiger partial charge in [-0.15, -0.1) is 6.42 Å². The third kappa shape index (κ3) is 5.54. The normalized spacial score (nSPS) is 11.6. The fraction of sp³-hybridized carbons (Fsp3) is 0.400. The molecule has 0 amide bonds. The van der Waals surface area contributed by atoms with Gasteiger partial charge >= 0.3 is 5.97 Å². The maximum atomic E-state index is 13.0. The molecule has 0 aliphatic carbocycles. The first-order chi connectivity index (χ1) is 9.17. The van der Waals surface area contributed by atoms with Gasteiger partial charge in [-0.1, -0.05) is 18.1 Å². The Balaban J connectivity index is 2.57. The molecule has 0 heterocycles. The van der Waals surface area contributed by atoms with Crippen LogP contribution in [-0.4, -0.2) is 25.2 Å². The van der Waals surface area contributed by atoms with Crippen molar-refractivity contribution in [2.75, 3.05) is 13.2 Å². The predicted molar refractivity (Wildman–Crippen MR) is 72.0 cm³/mol. The van der Waals surface area contributed by atoms with Crippen molar-refractivity contribution in [3.05, 3.63) is 35.6 Å². The first kappa shape index (κ1) is 15.2. The van der Waals surface area contributed by atoms with Crippen LogP contribution in [0.3, 0.4) is 0 Å². The fourth-order valence-corrected chi connectivity index (χ4v) is 1.73. The molecule has 19 heavy (non-hydrogen) atoms. The van der Waals surface area contributed by atoms with Crippen LogP contribution in [0.5, 0.6) is 0 Å². The Morgan fingerprint density at radius 3 is 3.00 bits per heavy atom. The number of carbonyl (C=O) groups excluding carboxylic acids is 1. The summed E-state index contributed by atoms with van der Waals surface area (Å²) >= 11 is 0. The number of hydrogen-bond donors (Lipinski definition) is 1. The number of halogens is 1. The second-order valence-corrected chi connectivity index (χ2v) is 4.06. The number of terminal acetylenes is 1. The van der Waals surface area contributed by atoms with Crippen LogP contribution < -0.4 is 5.32 Å². The van der Waals surface area contributed by atoms with E-state index in [0.29, 0.717) is 26.0 Å². The molecule has 0 fully saturated rings. The number of rotatable bonds is 7. The molecule has 0 aliphatic rings. The van der Waals surface area contributed by atoms with Gasteiger partial charge in [0.05, 0.1) is 13.2 Å². The minimum atomic E-state index is -0.459. The zero-order valence-electron chi connectivity index (χ0n) is 11.0. The smallest absolute Gasteiger partial charge is 0.323 e. The summed E-state index contributed by atoms with van der Waals surface area (Å²) in [6.45, 7) is 2.38. The van der Waals surface area contributed by atoms with Gasteiger partial charge in [0.1, 0.15) is 11.9 Å². The Labute approximate surface area is 113 Å². The van der Waals surface area contributed by atoms with Gasteiger partial charge in [-0.05, 0) is 37.5 Å². The molecule has 1 aromatic rings. The SMILES string of the molecule is C#CCNC(CCc1cccc(F)c1)C(=O)OCC. The van der Waals surface area contributed by atoms with Gasteiger partial charge in [0, 0.05) is 0 Å². The molecule has 1 unspecified atom stereocenters. The van der Waals surface area contributed by atoms with Crippen molar-refractivity contribution < 1.29 is 13.9 Å². The summed E-state index contributed by atoms with van der Waals surface area (Å²) in [6.07, 6.45) is 6.26. The molecule has 0 saturated carbocycles.